The van der Waals surface area contributed by atoms with Gasteiger partial charge in [-0.3, -0.25) is 14.3 Å². The zero-order valence-electron chi connectivity index (χ0n) is 12.9. The van der Waals surface area contributed by atoms with Gasteiger partial charge < -0.3 is 10.2 Å². The van der Waals surface area contributed by atoms with E-state index >= 15 is 0 Å². The van der Waals surface area contributed by atoms with Crippen molar-refractivity contribution in [2.75, 3.05) is 11.4 Å². The second kappa shape index (κ2) is 6.59. The monoisotopic (exact) mass is 332 g/mol. The summed E-state index contributed by atoms with van der Waals surface area (Å²) in [5, 5.41) is 6.43. The molecular weight excluding hydrogens is 313 g/mol. The van der Waals surface area contributed by atoms with Crippen molar-refractivity contribution in [2.45, 2.75) is 45.5 Å². The Balaban J connectivity index is 2.02. The summed E-state index contributed by atoms with van der Waals surface area (Å²) >= 11 is 0. The number of anilines is 1. The van der Waals surface area contributed by atoms with Gasteiger partial charge in [-0.2, -0.15) is 18.3 Å². The van der Waals surface area contributed by atoms with Crippen LogP contribution in [0.15, 0.2) is 12.4 Å². The molecule has 0 bridgehead atoms. The van der Waals surface area contributed by atoms with Gasteiger partial charge in [-0.25, -0.2) is 0 Å². The molecule has 2 amide bonds. The SMILES string of the molecule is CC[C@H](C)NC(=O)[C@@H]1CC(=O)N(c2cnn(CC(F)(F)F)c2)C1. The molecule has 9 heteroatoms. The zero-order valence-corrected chi connectivity index (χ0v) is 12.9. The number of nitrogens with one attached hydrogen (secondary N) is 1. The number of carbonyl (C=O) groups excluding carboxylic acids is 2. The van der Waals surface area contributed by atoms with Crippen molar-refractivity contribution < 1.29 is 22.8 Å². The predicted molar refractivity (Wildman–Crippen MR) is 76.6 cm³/mol. The molecule has 1 fully saturated rings. The fraction of sp³-hybridized carbons (Fsp3) is 0.643. The molecule has 0 radical (unpaired) electrons. The van der Waals surface area contributed by atoms with Gasteiger partial charge >= 0.3 is 6.18 Å². The minimum Gasteiger partial charge on any atom is -0.353 e. The molecule has 23 heavy (non-hydrogen) atoms. The van der Waals surface area contributed by atoms with Crippen LogP contribution in [0.2, 0.25) is 0 Å². The van der Waals surface area contributed by atoms with E-state index in [1.165, 1.54) is 17.3 Å². The van der Waals surface area contributed by atoms with Gasteiger partial charge in [0.25, 0.3) is 0 Å². The zero-order chi connectivity index (χ0) is 17.2. The Morgan fingerprint density at radius 3 is 2.83 bits per heavy atom. The maximum atomic E-state index is 12.3. The van der Waals surface area contributed by atoms with Crippen molar-refractivity contribution in [1.29, 1.82) is 0 Å². The summed E-state index contributed by atoms with van der Waals surface area (Å²) in [4.78, 5) is 25.4. The first-order valence-electron chi connectivity index (χ1n) is 7.39. The first-order chi connectivity index (χ1) is 10.7. The summed E-state index contributed by atoms with van der Waals surface area (Å²) in [5.74, 6) is -0.999. The van der Waals surface area contributed by atoms with Crippen molar-refractivity contribution in [3.05, 3.63) is 12.4 Å². The van der Waals surface area contributed by atoms with Gasteiger partial charge in [0.15, 0.2) is 0 Å². The van der Waals surface area contributed by atoms with Gasteiger partial charge in [0.05, 0.1) is 17.8 Å². The number of halogens is 3. The van der Waals surface area contributed by atoms with Gasteiger partial charge in [0.2, 0.25) is 11.8 Å². The van der Waals surface area contributed by atoms with E-state index < -0.39 is 18.6 Å². The second-order valence-electron chi connectivity index (χ2n) is 5.73. The number of nitrogens with zero attached hydrogens (tertiary/aromatic N) is 3. The van der Waals surface area contributed by atoms with E-state index in [1.807, 2.05) is 13.8 Å². The highest BCUT2D eigenvalue weighted by molar-refractivity contribution is 6.00. The number of alkyl halides is 3. The van der Waals surface area contributed by atoms with Crippen LogP contribution < -0.4 is 10.2 Å². The molecule has 1 aliphatic rings. The van der Waals surface area contributed by atoms with E-state index in [1.54, 1.807) is 0 Å². The molecule has 2 atom stereocenters. The lowest BCUT2D eigenvalue weighted by atomic mass is 10.1. The van der Waals surface area contributed by atoms with Gasteiger partial charge in [0.1, 0.15) is 6.54 Å². The molecular formula is C14H19F3N4O2. The standard InChI is InChI=1S/C14H19F3N4O2/c1-3-9(2)19-13(23)10-4-12(22)21(6-10)11-5-18-20(7-11)8-14(15,16)17/h5,7,9-10H,3-4,6,8H2,1-2H3,(H,19,23)/t9-,10+/m0/s1. The van der Waals surface area contributed by atoms with E-state index in [-0.39, 0.29) is 36.5 Å². The van der Waals surface area contributed by atoms with Crippen LogP contribution in [0.25, 0.3) is 0 Å². The van der Waals surface area contributed by atoms with Gasteiger partial charge in [-0.1, -0.05) is 6.92 Å². The summed E-state index contributed by atoms with van der Waals surface area (Å²) in [7, 11) is 0. The highest BCUT2D eigenvalue weighted by Gasteiger charge is 2.36. The van der Waals surface area contributed by atoms with Crippen LogP contribution >= 0.6 is 0 Å². The van der Waals surface area contributed by atoms with Crippen LogP contribution in [0.1, 0.15) is 26.7 Å². The van der Waals surface area contributed by atoms with Gasteiger partial charge in [0, 0.05) is 25.2 Å². The number of amides is 2. The van der Waals surface area contributed by atoms with Gasteiger partial charge in [-0.15, -0.1) is 0 Å². The lowest BCUT2D eigenvalue weighted by Gasteiger charge is -2.16. The van der Waals surface area contributed by atoms with E-state index in [0.29, 0.717) is 0 Å². The highest BCUT2D eigenvalue weighted by Crippen LogP contribution is 2.26. The molecule has 0 unspecified atom stereocenters. The largest absolute Gasteiger partial charge is 0.408 e. The van der Waals surface area contributed by atoms with Gasteiger partial charge in [-0.05, 0) is 13.3 Å². The Labute approximate surface area is 131 Å². The lowest BCUT2D eigenvalue weighted by molar-refractivity contribution is -0.142. The fourth-order valence-electron chi connectivity index (χ4n) is 2.36. The molecule has 1 N–H and O–H groups in total. The Hall–Kier alpha value is -2.06. The molecule has 2 rings (SSSR count). The third-order valence-electron chi connectivity index (χ3n) is 3.77. The van der Waals surface area contributed by atoms with E-state index in [0.717, 1.165) is 11.1 Å². The summed E-state index contributed by atoms with van der Waals surface area (Å²) in [6, 6.07) is 0.0150. The van der Waals surface area contributed by atoms with Crippen molar-refractivity contribution in [2.24, 2.45) is 5.92 Å². The van der Waals surface area contributed by atoms with Crippen molar-refractivity contribution in [1.82, 2.24) is 15.1 Å². The average molecular weight is 332 g/mol. The molecule has 1 aliphatic heterocycles. The topological polar surface area (TPSA) is 67.2 Å². The minimum atomic E-state index is -4.38. The third kappa shape index (κ3) is 4.46. The Morgan fingerprint density at radius 2 is 2.22 bits per heavy atom. The highest BCUT2D eigenvalue weighted by atomic mass is 19.4. The number of hydrogen-bond acceptors (Lipinski definition) is 3. The fourth-order valence-corrected chi connectivity index (χ4v) is 2.36. The number of aromatic nitrogens is 2. The third-order valence-corrected chi connectivity index (χ3v) is 3.77. The second-order valence-corrected chi connectivity index (χ2v) is 5.73. The molecule has 2 heterocycles. The maximum Gasteiger partial charge on any atom is 0.408 e. The van der Waals surface area contributed by atoms with E-state index in [9.17, 15) is 22.8 Å². The maximum absolute atomic E-state index is 12.3. The summed E-state index contributed by atoms with van der Waals surface area (Å²) in [6.45, 7) is 2.74. The van der Waals surface area contributed by atoms with Crippen molar-refractivity contribution >= 4 is 17.5 Å². The van der Waals surface area contributed by atoms with Crippen LogP contribution in [-0.2, 0) is 16.1 Å². The summed E-state index contributed by atoms with van der Waals surface area (Å²) in [6.07, 6.45) is -1.18. The molecule has 0 saturated carbocycles. The molecule has 1 aromatic rings. The Morgan fingerprint density at radius 1 is 1.52 bits per heavy atom. The predicted octanol–water partition coefficient (Wildman–Crippen LogP) is 1.71. The average Bonchev–Trinajstić information content (AvgIpc) is 3.03. The first-order valence-corrected chi connectivity index (χ1v) is 7.39. The molecule has 0 aliphatic carbocycles. The molecule has 128 valence electrons. The first kappa shape index (κ1) is 17.3. The van der Waals surface area contributed by atoms with Crippen LogP contribution in [0.4, 0.5) is 18.9 Å². The van der Waals surface area contributed by atoms with Crippen LogP contribution in [-0.4, -0.2) is 40.4 Å². The minimum absolute atomic E-state index is 0.0150. The van der Waals surface area contributed by atoms with E-state index in [2.05, 4.69) is 10.4 Å². The lowest BCUT2D eigenvalue weighted by Crippen LogP contribution is -2.38. The van der Waals surface area contributed by atoms with Crippen molar-refractivity contribution in [3.63, 3.8) is 0 Å². The molecule has 1 aromatic heterocycles. The molecule has 0 aromatic carbocycles. The molecule has 0 spiro atoms. The number of carbonyl (C=O) groups is 2. The Kier molecular flexibility index (Phi) is 4.96. The number of hydrogen-bond donors (Lipinski definition) is 1. The van der Waals surface area contributed by atoms with Crippen LogP contribution in [0.3, 0.4) is 0 Å². The quantitative estimate of drug-likeness (QED) is 0.893. The Bertz CT molecular complexity index is 585. The van der Waals surface area contributed by atoms with Crippen LogP contribution in [0.5, 0.6) is 0 Å². The summed E-state index contributed by atoms with van der Waals surface area (Å²) in [5.41, 5.74) is 0.276. The van der Waals surface area contributed by atoms with Crippen LogP contribution in [0, 0.1) is 5.92 Å². The van der Waals surface area contributed by atoms with E-state index in [4.69, 9.17) is 0 Å². The normalized spacial score (nSPS) is 20.0. The summed E-state index contributed by atoms with van der Waals surface area (Å²) < 4.78 is 37.7. The smallest absolute Gasteiger partial charge is 0.353 e. The molecule has 1 saturated heterocycles. The molecule has 6 nitrogen and oxygen atoms in total. The van der Waals surface area contributed by atoms with Crippen molar-refractivity contribution in [3.8, 4) is 0 Å². The number of rotatable bonds is 5.